The third-order valence-electron chi connectivity index (χ3n) is 8.78. The Balaban J connectivity index is 1.34. The largest absolute Gasteiger partial charge is 0.444 e. The fraction of sp³-hybridized carbons (Fsp3) is 0.432. The van der Waals surface area contributed by atoms with E-state index < -0.39 is 17.7 Å². The molecule has 0 spiro atoms. The van der Waals surface area contributed by atoms with Crippen molar-refractivity contribution in [2.75, 3.05) is 32.9 Å². The monoisotopic (exact) mass is 687 g/mol. The lowest BCUT2D eigenvalue weighted by Gasteiger charge is -2.29. The van der Waals surface area contributed by atoms with Gasteiger partial charge in [-0.25, -0.2) is 4.79 Å². The molecule has 1 saturated heterocycles. The van der Waals surface area contributed by atoms with Crippen molar-refractivity contribution >= 4 is 52.3 Å². The number of carbonyl (C=O) groups is 5. The lowest BCUT2D eigenvalue weighted by molar-refractivity contribution is -0.140. The lowest BCUT2D eigenvalue weighted by Crippen LogP contribution is -2.48. The van der Waals surface area contributed by atoms with Crippen LogP contribution in [0.3, 0.4) is 0 Å². The van der Waals surface area contributed by atoms with Gasteiger partial charge in [-0.05, 0) is 74.2 Å². The molecule has 5 rings (SSSR count). The van der Waals surface area contributed by atoms with Crippen molar-refractivity contribution in [1.82, 2.24) is 25.3 Å². The van der Waals surface area contributed by atoms with Crippen LogP contribution >= 0.6 is 11.8 Å². The van der Waals surface area contributed by atoms with Gasteiger partial charge in [0.25, 0.3) is 5.91 Å². The molecule has 0 aromatic heterocycles. The molecule has 0 radical (unpaired) electrons. The Hall–Kier alpha value is -4.58. The number of ether oxygens (including phenoxy) is 1. The fourth-order valence-corrected chi connectivity index (χ4v) is 7.29. The van der Waals surface area contributed by atoms with Crippen molar-refractivity contribution in [3.63, 3.8) is 0 Å². The summed E-state index contributed by atoms with van der Waals surface area (Å²) < 4.78 is 5.44. The SMILES string of the molecule is CN1CC(=O)N2C[C@H](NC(=O)OC(C)(C)C)C[C@H]2CSc2cccc(c2)C(=O)N(C)[C@H](C(=O)NCc2ccc3ccccc3c2)CCC1=O. The molecule has 0 saturated carbocycles. The Labute approximate surface area is 291 Å². The molecule has 11 nitrogen and oxygen atoms in total. The van der Waals surface area contributed by atoms with Crippen LogP contribution in [0.15, 0.2) is 71.6 Å². The van der Waals surface area contributed by atoms with E-state index in [1.165, 1.54) is 21.6 Å². The minimum atomic E-state index is -0.923. The minimum Gasteiger partial charge on any atom is -0.444 e. The Morgan fingerprint density at radius 3 is 2.45 bits per heavy atom. The maximum Gasteiger partial charge on any atom is 0.407 e. The molecule has 2 bridgehead atoms. The van der Waals surface area contributed by atoms with Gasteiger partial charge < -0.3 is 30.1 Å². The summed E-state index contributed by atoms with van der Waals surface area (Å²) in [4.78, 5) is 72.3. The number of nitrogens with zero attached hydrogens (tertiary/aromatic N) is 3. The molecular formula is C37H45N5O6S. The Morgan fingerprint density at radius 2 is 1.69 bits per heavy atom. The second-order valence-corrected chi connectivity index (χ2v) is 14.8. The van der Waals surface area contributed by atoms with Crippen molar-refractivity contribution in [2.45, 2.75) is 75.2 Å². The topological polar surface area (TPSA) is 128 Å². The van der Waals surface area contributed by atoms with Crippen LogP contribution < -0.4 is 10.6 Å². The van der Waals surface area contributed by atoms with Gasteiger partial charge in [-0.15, -0.1) is 11.8 Å². The summed E-state index contributed by atoms with van der Waals surface area (Å²) in [5, 5.41) is 8.02. The van der Waals surface area contributed by atoms with Crippen molar-refractivity contribution in [3.8, 4) is 0 Å². The zero-order chi connectivity index (χ0) is 35.3. The predicted molar refractivity (Wildman–Crippen MR) is 189 cm³/mol. The molecule has 2 heterocycles. The summed E-state index contributed by atoms with van der Waals surface area (Å²) in [5.41, 5.74) is 0.671. The van der Waals surface area contributed by atoms with Crippen LogP contribution in [0.1, 0.15) is 56.0 Å². The molecule has 3 aromatic carbocycles. The van der Waals surface area contributed by atoms with Crippen molar-refractivity contribution in [3.05, 3.63) is 77.9 Å². The van der Waals surface area contributed by atoms with Crippen LogP contribution in [-0.2, 0) is 25.7 Å². The van der Waals surface area contributed by atoms with E-state index in [4.69, 9.17) is 4.74 Å². The van der Waals surface area contributed by atoms with Gasteiger partial charge >= 0.3 is 6.09 Å². The van der Waals surface area contributed by atoms with E-state index in [-0.39, 0.29) is 68.2 Å². The first-order valence-corrected chi connectivity index (χ1v) is 17.5. The predicted octanol–water partition coefficient (Wildman–Crippen LogP) is 4.44. The number of thioether (sulfide) groups is 1. The average Bonchev–Trinajstić information content (AvgIpc) is 3.46. The quantitative estimate of drug-likeness (QED) is 0.415. The van der Waals surface area contributed by atoms with Gasteiger partial charge in [-0.2, -0.15) is 0 Å². The summed E-state index contributed by atoms with van der Waals surface area (Å²) in [5.74, 6) is -0.730. The number of carbonyl (C=O) groups excluding carboxylic acids is 5. The van der Waals surface area contributed by atoms with Crippen LogP contribution in [0.4, 0.5) is 4.79 Å². The molecule has 3 atom stereocenters. The van der Waals surface area contributed by atoms with Gasteiger partial charge in [0.15, 0.2) is 0 Å². The van der Waals surface area contributed by atoms with Gasteiger partial charge in [0.1, 0.15) is 11.6 Å². The number of fused-ring (bicyclic) bond motifs is 4. The molecule has 2 aliphatic heterocycles. The molecule has 5 amide bonds. The first-order chi connectivity index (χ1) is 23.3. The highest BCUT2D eigenvalue weighted by Gasteiger charge is 2.37. The number of nitrogens with one attached hydrogen (secondary N) is 2. The van der Waals surface area contributed by atoms with E-state index >= 15 is 0 Å². The minimum absolute atomic E-state index is 0.0440. The van der Waals surface area contributed by atoms with Crippen LogP contribution in [0.2, 0.25) is 0 Å². The molecular weight excluding hydrogens is 643 g/mol. The van der Waals surface area contributed by atoms with E-state index in [9.17, 15) is 24.0 Å². The zero-order valence-corrected chi connectivity index (χ0v) is 29.5. The van der Waals surface area contributed by atoms with E-state index in [0.29, 0.717) is 17.7 Å². The van der Waals surface area contributed by atoms with Gasteiger partial charge in [0.2, 0.25) is 17.7 Å². The third kappa shape index (κ3) is 9.32. The average molecular weight is 688 g/mol. The van der Waals surface area contributed by atoms with E-state index in [1.54, 1.807) is 58.0 Å². The molecule has 49 heavy (non-hydrogen) atoms. The normalized spacial score (nSPS) is 21.0. The van der Waals surface area contributed by atoms with E-state index in [2.05, 4.69) is 10.6 Å². The van der Waals surface area contributed by atoms with Crippen molar-refractivity contribution in [1.29, 1.82) is 0 Å². The summed E-state index contributed by atoms with van der Waals surface area (Å²) in [6.07, 6.45) is 0.00578. The maximum atomic E-state index is 13.8. The molecule has 2 N–H and O–H groups in total. The second kappa shape index (κ2) is 15.3. The van der Waals surface area contributed by atoms with Crippen LogP contribution in [-0.4, -0.2) is 101 Å². The molecule has 260 valence electrons. The van der Waals surface area contributed by atoms with Crippen LogP contribution in [0, 0.1) is 0 Å². The lowest BCUT2D eigenvalue weighted by atomic mass is 10.1. The van der Waals surface area contributed by atoms with Crippen molar-refractivity contribution in [2.24, 2.45) is 0 Å². The number of alkyl carbamates (subject to hydrolysis) is 1. The molecule has 12 heteroatoms. The second-order valence-electron chi connectivity index (χ2n) is 13.7. The molecule has 3 aromatic rings. The first kappa shape index (κ1) is 35.7. The smallest absolute Gasteiger partial charge is 0.407 e. The highest BCUT2D eigenvalue weighted by Crippen LogP contribution is 2.28. The highest BCUT2D eigenvalue weighted by atomic mass is 32.2. The third-order valence-corrected chi connectivity index (χ3v) is 9.92. The van der Waals surface area contributed by atoms with Crippen LogP contribution in [0.5, 0.6) is 0 Å². The highest BCUT2D eigenvalue weighted by molar-refractivity contribution is 7.99. The van der Waals surface area contributed by atoms with Crippen molar-refractivity contribution < 1.29 is 28.7 Å². The van der Waals surface area contributed by atoms with Gasteiger partial charge in [0, 0.05) is 55.9 Å². The Kier molecular flexibility index (Phi) is 11.2. The molecule has 0 unspecified atom stereocenters. The first-order valence-electron chi connectivity index (χ1n) is 16.6. The summed E-state index contributed by atoms with van der Waals surface area (Å²) in [7, 11) is 3.14. The summed E-state index contributed by atoms with van der Waals surface area (Å²) in [6, 6.07) is 19.7. The van der Waals surface area contributed by atoms with E-state index in [1.807, 2.05) is 48.5 Å². The number of amides is 5. The van der Waals surface area contributed by atoms with Crippen LogP contribution in [0.25, 0.3) is 10.8 Å². The summed E-state index contributed by atoms with van der Waals surface area (Å²) in [6.45, 7) is 5.77. The number of rotatable bonds is 4. The van der Waals surface area contributed by atoms with Gasteiger partial charge in [-0.1, -0.05) is 42.5 Å². The number of hydrogen-bond donors (Lipinski definition) is 2. The number of hydrogen-bond acceptors (Lipinski definition) is 7. The van der Waals surface area contributed by atoms with E-state index in [0.717, 1.165) is 21.2 Å². The number of benzene rings is 3. The molecule has 0 aliphatic carbocycles. The summed E-state index contributed by atoms with van der Waals surface area (Å²) >= 11 is 1.50. The zero-order valence-electron chi connectivity index (χ0n) is 28.7. The number of likely N-dealkylation sites (N-methyl/N-ethyl adjacent to an activating group) is 2. The Morgan fingerprint density at radius 1 is 0.939 bits per heavy atom. The Bertz CT molecular complexity index is 1720. The molecule has 2 aliphatic rings. The van der Waals surface area contributed by atoms with Gasteiger partial charge in [0.05, 0.1) is 12.6 Å². The van der Waals surface area contributed by atoms with Gasteiger partial charge in [-0.3, -0.25) is 19.2 Å². The standard InChI is InChI=1S/C37H45N5O6S/c1-37(2,3)48-36(47)39-28-19-29-23-49-30-12-8-11-27(18-30)35(46)41(5)31(15-16-32(43)40(4)22-33(44)42(29)21-28)34(45)38-20-24-13-14-25-9-6-7-10-26(25)17-24/h6-14,17-18,28-29,31H,15-16,19-23H2,1-5H3,(H,38,45)(H,39,47)/t28-,29+,31+/m1/s1. The fourth-order valence-electron chi connectivity index (χ4n) is 6.20. The molecule has 1 fully saturated rings. The maximum absolute atomic E-state index is 13.8.